The predicted molar refractivity (Wildman–Crippen MR) is 152 cm³/mol. The molecule has 9 nitrogen and oxygen atoms in total. The van der Waals surface area contributed by atoms with Crippen LogP contribution >= 0.6 is 0 Å². The number of amides is 1. The molecule has 0 spiro atoms. The lowest BCUT2D eigenvalue weighted by Crippen LogP contribution is -2.38. The summed E-state index contributed by atoms with van der Waals surface area (Å²) in [6.45, 7) is 8.04. The molecular formula is C30H32N4O5S. The lowest BCUT2D eigenvalue weighted by atomic mass is 10.0. The number of methoxy groups -OCH3 is 1. The second-order valence-corrected chi connectivity index (χ2v) is 12.3. The first kappa shape index (κ1) is 27.5. The van der Waals surface area contributed by atoms with E-state index in [-0.39, 0.29) is 35.5 Å². The van der Waals surface area contributed by atoms with E-state index in [0.717, 1.165) is 22.2 Å². The van der Waals surface area contributed by atoms with Gasteiger partial charge in [0.2, 0.25) is 11.8 Å². The minimum Gasteiger partial charge on any atom is -0.481 e. The minimum absolute atomic E-state index is 0.0887. The van der Waals surface area contributed by atoms with Crippen LogP contribution in [0.5, 0.6) is 5.88 Å². The number of benzene rings is 2. The van der Waals surface area contributed by atoms with Crippen LogP contribution in [-0.2, 0) is 32.6 Å². The van der Waals surface area contributed by atoms with Crippen molar-refractivity contribution in [3.8, 4) is 17.3 Å². The first-order valence-corrected chi connectivity index (χ1v) is 14.6. The highest BCUT2D eigenvalue weighted by Gasteiger charge is 2.29. The van der Waals surface area contributed by atoms with Gasteiger partial charge in [-0.2, -0.15) is 4.98 Å². The summed E-state index contributed by atoms with van der Waals surface area (Å²) in [6.07, 6.45) is 1.99. The van der Waals surface area contributed by atoms with E-state index in [4.69, 9.17) is 14.7 Å². The van der Waals surface area contributed by atoms with Crippen molar-refractivity contribution in [2.45, 2.75) is 52.0 Å². The number of hydrogen-bond donors (Lipinski definition) is 0. The fourth-order valence-electron chi connectivity index (χ4n) is 5.01. The molecule has 5 rings (SSSR count). The maximum absolute atomic E-state index is 13.6. The van der Waals surface area contributed by atoms with Crippen molar-refractivity contribution in [1.29, 1.82) is 0 Å². The molecule has 1 amide bonds. The van der Waals surface area contributed by atoms with Crippen molar-refractivity contribution in [3.05, 3.63) is 71.0 Å². The Morgan fingerprint density at radius 3 is 2.45 bits per heavy atom. The van der Waals surface area contributed by atoms with Crippen molar-refractivity contribution >= 4 is 32.6 Å². The summed E-state index contributed by atoms with van der Waals surface area (Å²) in [5.74, 6) is 0.272. The van der Waals surface area contributed by atoms with Gasteiger partial charge in [0.1, 0.15) is 5.78 Å². The number of carbonyl (C=O) groups excluding carboxylic acids is 2. The summed E-state index contributed by atoms with van der Waals surface area (Å²) in [7, 11) is -2.31. The van der Waals surface area contributed by atoms with E-state index in [1.165, 1.54) is 11.1 Å². The molecule has 1 aliphatic heterocycles. The quantitative estimate of drug-likeness (QED) is 0.307. The third kappa shape index (κ3) is 4.88. The van der Waals surface area contributed by atoms with Crippen LogP contribution in [0.15, 0.2) is 53.6 Å². The number of Topliss-reactive ketones (excluding diaryl/α,β-unsaturated/α-hetero) is 1. The summed E-state index contributed by atoms with van der Waals surface area (Å²) in [5, 5.41) is 0.736. The molecule has 0 atom stereocenters. The smallest absolute Gasteiger partial charge is 0.268 e. The molecule has 0 bridgehead atoms. The first-order valence-electron chi connectivity index (χ1n) is 13.2. The second-order valence-electron chi connectivity index (χ2n) is 10.5. The number of ether oxygens (including phenoxy) is 1. The first-order chi connectivity index (χ1) is 19.0. The molecule has 0 radical (unpaired) electrons. The van der Waals surface area contributed by atoms with Gasteiger partial charge in [0.05, 0.1) is 41.7 Å². The number of fused-ring (bicyclic) bond motifs is 2. The third-order valence-electron chi connectivity index (χ3n) is 7.34. The van der Waals surface area contributed by atoms with Crippen LogP contribution in [0, 0.1) is 19.8 Å². The van der Waals surface area contributed by atoms with Crippen molar-refractivity contribution in [3.63, 3.8) is 0 Å². The van der Waals surface area contributed by atoms with Crippen LogP contribution in [0.2, 0.25) is 0 Å². The molecule has 2 aromatic heterocycles. The van der Waals surface area contributed by atoms with Crippen LogP contribution in [0.3, 0.4) is 0 Å². The van der Waals surface area contributed by atoms with Gasteiger partial charge in [0.15, 0.2) is 5.82 Å². The Morgan fingerprint density at radius 1 is 1.05 bits per heavy atom. The van der Waals surface area contributed by atoms with E-state index in [9.17, 15) is 18.0 Å². The lowest BCUT2D eigenvalue weighted by Gasteiger charge is -2.29. The van der Waals surface area contributed by atoms with E-state index in [2.05, 4.69) is 0 Å². The molecule has 2 aromatic carbocycles. The highest BCUT2D eigenvalue weighted by molar-refractivity contribution is 7.90. The standard InChI is InChI=1S/C30H32N4O5S/c1-18(2)26(35)15-27(36)33-14-13-24-23(17-33)30(39-5)32-29(31-24)22-7-6-8-25-28(22)20(4)16-34(25)40(37,38)21-11-9-19(3)10-12-21/h6-12,16,18H,13-15,17H2,1-5H3. The Balaban J connectivity index is 1.55. The molecule has 0 unspecified atom stereocenters. The van der Waals surface area contributed by atoms with Gasteiger partial charge in [-0.25, -0.2) is 17.4 Å². The number of aryl methyl sites for hydroxylation is 2. The zero-order valence-corrected chi connectivity index (χ0v) is 24.1. The maximum atomic E-state index is 13.6. The molecule has 0 fully saturated rings. The van der Waals surface area contributed by atoms with Crippen molar-refractivity contribution in [2.24, 2.45) is 5.92 Å². The number of aromatic nitrogens is 3. The average molecular weight is 561 g/mol. The highest BCUT2D eigenvalue weighted by Crippen LogP contribution is 2.35. The van der Waals surface area contributed by atoms with Crippen molar-refractivity contribution in [1.82, 2.24) is 18.8 Å². The summed E-state index contributed by atoms with van der Waals surface area (Å²) < 4.78 is 34.1. The number of hydrogen-bond acceptors (Lipinski definition) is 7. The molecule has 4 aromatic rings. The molecule has 0 aliphatic carbocycles. The van der Waals surface area contributed by atoms with Crippen LogP contribution in [-0.4, -0.2) is 52.6 Å². The van der Waals surface area contributed by atoms with Gasteiger partial charge >= 0.3 is 0 Å². The number of rotatable bonds is 7. The summed E-state index contributed by atoms with van der Waals surface area (Å²) in [5.41, 5.74) is 4.45. The third-order valence-corrected chi connectivity index (χ3v) is 9.03. The van der Waals surface area contributed by atoms with Gasteiger partial charge in [-0.1, -0.05) is 43.7 Å². The molecule has 3 heterocycles. The van der Waals surface area contributed by atoms with Gasteiger partial charge in [-0.15, -0.1) is 0 Å². The molecule has 40 heavy (non-hydrogen) atoms. The Morgan fingerprint density at radius 2 is 1.77 bits per heavy atom. The molecule has 0 saturated heterocycles. The number of nitrogens with zero attached hydrogens (tertiary/aromatic N) is 4. The summed E-state index contributed by atoms with van der Waals surface area (Å²) in [4.78, 5) is 36.3. The molecule has 0 saturated carbocycles. The van der Waals surface area contributed by atoms with E-state index in [1.807, 2.05) is 19.9 Å². The normalized spacial score (nSPS) is 13.5. The molecular weight excluding hydrogens is 528 g/mol. The fraction of sp³-hybridized carbons (Fsp3) is 0.333. The zero-order valence-electron chi connectivity index (χ0n) is 23.3. The van der Waals surface area contributed by atoms with Crippen molar-refractivity contribution in [2.75, 3.05) is 13.7 Å². The Hall–Kier alpha value is -4.05. The van der Waals surface area contributed by atoms with Gasteiger partial charge in [-0.3, -0.25) is 9.59 Å². The van der Waals surface area contributed by atoms with E-state index in [0.29, 0.717) is 41.3 Å². The highest BCUT2D eigenvalue weighted by atomic mass is 32.2. The Labute approximate surface area is 233 Å². The van der Waals surface area contributed by atoms with Crippen LogP contribution in [0.1, 0.15) is 42.7 Å². The molecule has 208 valence electrons. The maximum Gasteiger partial charge on any atom is 0.268 e. The van der Waals surface area contributed by atoms with Crippen LogP contribution in [0.4, 0.5) is 0 Å². The second kappa shape index (κ2) is 10.5. The molecule has 0 N–H and O–H groups in total. The monoisotopic (exact) mass is 560 g/mol. The van der Waals surface area contributed by atoms with Gasteiger partial charge in [0, 0.05) is 36.0 Å². The minimum atomic E-state index is -3.83. The topological polar surface area (TPSA) is 111 Å². The average Bonchev–Trinajstić information content (AvgIpc) is 3.29. The fourth-order valence-corrected chi connectivity index (χ4v) is 6.42. The van der Waals surface area contributed by atoms with Gasteiger partial charge < -0.3 is 9.64 Å². The Bertz CT molecular complexity index is 1720. The number of ketones is 1. The van der Waals surface area contributed by atoms with E-state index < -0.39 is 10.0 Å². The number of carbonyl (C=O) groups is 2. The predicted octanol–water partition coefficient (Wildman–Crippen LogP) is 4.46. The van der Waals surface area contributed by atoms with Gasteiger partial charge in [-0.05, 0) is 37.6 Å². The van der Waals surface area contributed by atoms with Crippen molar-refractivity contribution < 1.29 is 22.7 Å². The van der Waals surface area contributed by atoms with Crippen LogP contribution < -0.4 is 4.74 Å². The summed E-state index contributed by atoms with van der Waals surface area (Å²) >= 11 is 0. The molecule has 10 heteroatoms. The SMILES string of the molecule is COc1nc(-c2cccc3c2c(C)cn3S(=O)(=O)c2ccc(C)cc2)nc2c1CN(C(=O)CC(=O)C(C)C)CC2. The molecule has 1 aliphatic rings. The summed E-state index contributed by atoms with van der Waals surface area (Å²) in [6, 6.07) is 12.2. The van der Waals surface area contributed by atoms with Gasteiger partial charge in [0.25, 0.3) is 10.0 Å². The van der Waals surface area contributed by atoms with Crippen LogP contribution in [0.25, 0.3) is 22.3 Å². The van der Waals surface area contributed by atoms with E-state index >= 15 is 0 Å². The Kier molecular flexibility index (Phi) is 7.22. The van der Waals surface area contributed by atoms with E-state index in [1.54, 1.807) is 61.3 Å². The largest absolute Gasteiger partial charge is 0.481 e. The lowest BCUT2D eigenvalue weighted by molar-refractivity contribution is -0.137. The zero-order chi connectivity index (χ0) is 28.8.